The summed E-state index contributed by atoms with van der Waals surface area (Å²) >= 11 is 5.96. The van der Waals surface area contributed by atoms with E-state index in [0.717, 1.165) is 18.4 Å². The molecular weight excluding hydrogens is 274 g/mol. The van der Waals surface area contributed by atoms with Crippen LogP contribution in [0.25, 0.3) is 0 Å². The number of nitrogens with zero attached hydrogens (tertiary/aromatic N) is 1. The Labute approximate surface area is 125 Å². The first-order valence-corrected chi connectivity index (χ1v) is 7.77. The highest BCUT2D eigenvalue weighted by molar-refractivity contribution is 6.30. The highest BCUT2D eigenvalue weighted by Gasteiger charge is 2.30. The lowest BCUT2D eigenvalue weighted by Gasteiger charge is -2.13. The minimum atomic E-state index is -0.203. The van der Waals surface area contributed by atoms with Gasteiger partial charge in [-0.2, -0.15) is 0 Å². The first-order valence-electron chi connectivity index (χ1n) is 7.39. The molecule has 4 heteroatoms. The molecule has 1 fully saturated rings. The number of benzene rings is 1. The largest absolute Gasteiger partial charge is 0.444 e. The average Bonchev–Trinajstić information content (AvgIpc) is 2.75. The number of unbranched alkanes of at least 4 members (excludes halogenated alkanes) is 3. The third-order valence-electron chi connectivity index (χ3n) is 3.59. The molecule has 1 atom stereocenters. The zero-order valence-corrected chi connectivity index (χ0v) is 12.7. The number of carbonyl (C=O) groups is 1. The van der Waals surface area contributed by atoms with Gasteiger partial charge >= 0.3 is 6.09 Å². The van der Waals surface area contributed by atoms with E-state index in [1.807, 2.05) is 24.3 Å². The fraction of sp³-hybridized carbons (Fsp3) is 0.562. The molecule has 0 bridgehead atoms. The Bertz CT molecular complexity index is 450. The van der Waals surface area contributed by atoms with E-state index in [-0.39, 0.29) is 12.2 Å². The summed E-state index contributed by atoms with van der Waals surface area (Å²) in [6, 6.07) is 7.61. The second kappa shape index (κ2) is 7.53. The van der Waals surface area contributed by atoms with Crippen molar-refractivity contribution >= 4 is 17.7 Å². The zero-order valence-electron chi connectivity index (χ0n) is 12.0. The van der Waals surface area contributed by atoms with Gasteiger partial charge in [-0.1, -0.05) is 49.9 Å². The molecule has 2 rings (SSSR count). The van der Waals surface area contributed by atoms with Crippen LogP contribution in [0, 0.1) is 0 Å². The van der Waals surface area contributed by atoms with Gasteiger partial charge in [0.25, 0.3) is 0 Å². The second-order valence-corrected chi connectivity index (χ2v) is 5.80. The summed E-state index contributed by atoms with van der Waals surface area (Å²) in [5, 5.41) is 0.700. The molecule has 3 nitrogen and oxygen atoms in total. The Balaban J connectivity index is 1.80. The lowest BCUT2D eigenvalue weighted by atomic mass is 10.1. The van der Waals surface area contributed by atoms with Crippen molar-refractivity contribution in [3.63, 3.8) is 0 Å². The number of amides is 1. The predicted molar refractivity (Wildman–Crippen MR) is 80.9 cm³/mol. The number of hydrogen-bond donors (Lipinski definition) is 0. The van der Waals surface area contributed by atoms with Gasteiger partial charge in [-0.25, -0.2) is 4.79 Å². The molecule has 1 aromatic rings. The smallest absolute Gasteiger partial charge is 0.410 e. The first kappa shape index (κ1) is 15.2. The van der Waals surface area contributed by atoms with Crippen molar-refractivity contribution in [3.8, 4) is 0 Å². The summed E-state index contributed by atoms with van der Waals surface area (Å²) in [6.45, 7) is 3.46. The van der Waals surface area contributed by atoms with Gasteiger partial charge in [0.15, 0.2) is 0 Å². The van der Waals surface area contributed by atoms with Crippen LogP contribution in [0.15, 0.2) is 24.3 Å². The Morgan fingerprint density at radius 3 is 2.95 bits per heavy atom. The minimum Gasteiger partial charge on any atom is -0.444 e. The fourth-order valence-corrected chi connectivity index (χ4v) is 2.72. The summed E-state index contributed by atoms with van der Waals surface area (Å²) in [6.07, 6.45) is 5.66. The molecule has 1 amide bonds. The number of rotatable bonds is 7. The Kier molecular flexibility index (Phi) is 5.72. The number of ether oxygens (including phenoxy) is 1. The maximum atomic E-state index is 11.8. The predicted octanol–water partition coefficient (Wildman–Crippen LogP) is 4.63. The van der Waals surface area contributed by atoms with E-state index >= 15 is 0 Å². The summed E-state index contributed by atoms with van der Waals surface area (Å²) in [7, 11) is 0. The van der Waals surface area contributed by atoms with Crippen molar-refractivity contribution in [1.29, 1.82) is 0 Å². The third kappa shape index (κ3) is 4.41. The molecule has 110 valence electrons. The topological polar surface area (TPSA) is 29.5 Å². The molecule has 1 aromatic carbocycles. The van der Waals surface area contributed by atoms with Gasteiger partial charge < -0.3 is 9.64 Å². The quantitative estimate of drug-likeness (QED) is 0.686. The molecule has 0 aliphatic carbocycles. The zero-order chi connectivity index (χ0) is 14.4. The van der Waals surface area contributed by atoms with Gasteiger partial charge in [-0.15, -0.1) is 0 Å². The molecule has 0 radical (unpaired) electrons. The average molecular weight is 296 g/mol. The molecule has 0 N–H and O–H groups in total. The van der Waals surface area contributed by atoms with Crippen LogP contribution in [0.2, 0.25) is 5.02 Å². The lowest BCUT2D eigenvalue weighted by Crippen LogP contribution is -2.24. The van der Waals surface area contributed by atoms with E-state index in [9.17, 15) is 4.79 Å². The van der Waals surface area contributed by atoms with Crippen molar-refractivity contribution in [1.82, 2.24) is 4.90 Å². The van der Waals surface area contributed by atoms with Crippen molar-refractivity contribution < 1.29 is 9.53 Å². The highest BCUT2D eigenvalue weighted by atomic mass is 35.5. The van der Waals surface area contributed by atoms with Crippen LogP contribution in [-0.2, 0) is 11.3 Å². The summed E-state index contributed by atoms with van der Waals surface area (Å²) in [5.41, 5.74) is 1.04. The number of halogens is 1. The van der Waals surface area contributed by atoms with Crippen LogP contribution in [-0.4, -0.2) is 23.6 Å². The van der Waals surface area contributed by atoms with Crippen LogP contribution in [0.3, 0.4) is 0 Å². The monoisotopic (exact) mass is 295 g/mol. The van der Waals surface area contributed by atoms with E-state index < -0.39 is 0 Å². The van der Waals surface area contributed by atoms with Gasteiger partial charge in [0.2, 0.25) is 0 Å². The van der Waals surface area contributed by atoms with Crippen molar-refractivity contribution in [2.24, 2.45) is 0 Å². The van der Waals surface area contributed by atoms with E-state index in [4.69, 9.17) is 16.3 Å². The van der Waals surface area contributed by atoms with Gasteiger partial charge in [0.05, 0.1) is 6.54 Å². The van der Waals surface area contributed by atoms with Crippen molar-refractivity contribution in [3.05, 3.63) is 34.9 Å². The summed E-state index contributed by atoms with van der Waals surface area (Å²) in [4.78, 5) is 13.6. The minimum absolute atomic E-state index is 0.0542. The molecule has 20 heavy (non-hydrogen) atoms. The summed E-state index contributed by atoms with van der Waals surface area (Å²) < 4.78 is 5.41. The van der Waals surface area contributed by atoms with Crippen molar-refractivity contribution in [2.75, 3.05) is 6.54 Å². The van der Waals surface area contributed by atoms with Crippen molar-refractivity contribution in [2.45, 2.75) is 51.7 Å². The van der Waals surface area contributed by atoms with Gasteiger partial charge in [-0.05, 0) is 30.5 Å². The Hall–Kier alpha value is -1.22. The molecule has 0 spiro atoms. The third-order valence-corrected chi connectivity index (χ3v) is 3.83. The highest BCUT2D eigenvalue weighted by Crippen LogP contribution is 2.20. The molecule has 1 saturated heterocycles. The standard InChI is InChI=1S/C16H22ClNO2/c1-2-3-4-5-9-15-12-18(16(19)20-15)11-13-7-6-8-14(17)10-13/h6-8,10,15H,2-5,9,11-12H2,1H3. The van der Waals surface area contributed by atoms with Gasteiger partial charge in [-0.3, -0.25) is 0 Å². The number of carbonyl (C=O) groups excluding carboxylic acids is 1. The van der Waals surface area contributed by atoms with Crippen LogP contribution in [0.5, 0.6) is 0 Å². The molecule has 1 aliphatic rings. The maximum absolute atomic E-state index is 11.8. The Morgan fingerprint density at radius 1 is 1.35 bits per heavy atom. The SMILES string of the molecule is CCCCCCC1CN(Cc2cccc(Cl)c2)C(=O)O1. The number of hydrogen-bond acceptors (Lipinski definition) is 2. The molecule has 0 aromatic heterocycles. The van der Waals surface area contributed by atoms with Gasteiger partial charge in [0.1, 0.15) is 6.10 Å². The lowest BCUT2D eigenvalue weighted by molar-refractivity contribution is 0.127. The second-order valence-electron chi connectivity index (χ2n) is 5.37. The number of cyclic esters (lactones) is 1. The maximum Gasteiger partial charge on any atom is 0.410 e. The molecule has 1 heterocycles. The molecule has 1 unspecified atom stereocenters. The molecule has 0 saturated carbocycles. The fourth-order valence-electron chi connectivity index (χ4n) is 2.51. The van der Waals surface area contributed by atoms with Crippen LogP contribution < -0.4 is 0 Å². The molecule has 1 aliphatic heterocycles. The van der Waals surface area contributed by atoms with Crippen LogP contribution in [0.4, 0.5) is 4.79 Å². The van der Waals surface area contributed by atoms with Crippen LogP contribution >= 0.6 is 11.6 Å². The molecular formula is C16H22ClNO2. The van der Waals surface area contributed by atoms with E-state index in [2.05, 4.69) is 6.92 Å². The van der Waals surface area contributed by atoms with E-state index in [1.54, 1.807) is 4.90 Å². The van der Waals surface area contributed by atoms with E-state index in [1.165, 1.54) is 19.3 Å². The van der Waals surface area contributed by atoms with E-state index in [0.29, 0.717) is 18.1 Å². The normalized spacial score (nSPS) is 18.4. The summed E-state index contributed by atoms with van der Waals surface area (Å²) in [5.74, 6) is 0. The van der Waals surface area contributed by atoms with Crippen LogP contribution in [0.1, 0.15) is 44.6 Å². The first-order chi connectivity index (χ1) is 9.69. The Morgan fingerprint density at radius 2 is 2.20 bits per heavy atom. The van der Waals surface area contributed by atoms with Gasteiger partial charge in [0, 0.05) is 11.6 Å².